The first kappa shape index (κ1) is 17.9. The van der Waals surface area contributed by atoms with Crippen LogP contribution in [0.1, 0.15) is 23.2 Å². The molecule has 2 rings (SSSR count). The van der Waals surface area contributed by atoms with Gasteiger partial charge in [0.25, 0.3) is 5.91 Å². The molecular formula is C15H22N2O5S. The minimum atomic E-state index is -3.65. The lowest BCUT2D eigenvalue weighted by molar-refractivity contribution is 0.0857. The van der Waals surface area contributed by atoms with E-state index in [0.29, 0.717) is 12.1 Å². The Morgan fingerprint density at radius 3 is 2.96 bits per heavy atom. The fraction of sp³-hybridized carbons (Fsp3) is 0.533. The number of carbonyl (C=O) groups is 1. The van der Waals surface area contributed by atoms with Crippen molar-refractivity contribution >= 4 is 15.9 Å². The molecule has 23 heavy (non-hydrogen) atoms. The first-order chi connectivity index (χ1) is 11.0. The SMILES string of the molecule is COCCNS(=O)(=O)c1cccc(C(=O)NCC2CCCO2)c1. The van der Waals surface area contributed by atoms with Crippen molar-refractivity contribution in [1.29, 1.82) is 0 Å². The molecule has 1 unspecified atom stereocenters. The molecule has 0 spiro atoms. The zero-order chi connectivity index (χ0) is 16.7. The number of hydrogen-bond acceptors (Lipinski definition) is 5. The topological polar surface area (TPSA) is 93.7 Å². The van der Waals surface area contributed by atoms with E-state index in [9.17, 15) is 13.2 Å². The molecule has 0 saturated carbocycles. The molecule has 7 nitrogen and oxygen atoms in total. The van der Waals surface area contributed by atoms with Crippen molar-refractivity contribution in [2.45, 2.75) is 23.8 Å². The van der Waals surface area contributed by atoms with Crippen molar-refractivity contribution in [2.75, 3.05) is 33.4 Å². The Kier molecular flexibility index (Phi) is 6.52. The highest BCUT2D eigenvalue weighted by atomic mass is 32.2. The molecule has 2 N–H and O–H groups in total. The summed E-state index contributed by atoms with van der Waals surface area (Å²) in [5.74, 6) is -0.311. The van der Waals surface area contributed by atoms with Gasteiger partial charge in [0.15, 0.2) is 0 Å². The van der Waals surface area contributed by atoms with Crippen LogP contribution in [0, 0.1) is 0 Å². The van der Waals surface area contributed by atoms with Gasteiger partial charge in [-0.2, -0.15) is 0 Å². The van der Waals surface area contributed by atoms with Crippen LogP contribution < -0.4 is 10.0 Å². The van der Waals surface area contributed by atoms with E-state index in [0.717, 1.165) is 19.4 Å². The molecule has 1 heterocycles. The van der Waals surface area contributed by atoms with E-state index in [4.69, 9.17) is 9.47 Å². The molecule has 0 aromatic heterocycles. The highest BCUT2D eigenvalue weighted by Gasteiger charge is 2.18. The number of nitrogens with one attached hydrogen (secondary N) is 2. The van der Waals surface area contributed by atoms with Gasteiger partial charge in [0.1, 0.15) is 0 Å². The maximum absolute atomic E-state index is 12.1. The second kappa shape index (κ2) is 8.39. The molecule has 0 bridgehead atoms. The highest BCUT2D eigenvalue weighted by molar-refractivity contribution is 7.89. The molecule has 128 valence electrons. The molecule has 0 radical (unpaired) electrons. The summed E-state index contributed by atoms with van der Waals surface area (Å²) in [6, 6.07) is 5.94. The van der Waals surface area contributed by atoms with Gasteiger partial charge in [-0.1, -0.05) is 6.07 Å². The molecule has 1 atom stereocenters. The number of sulfonamides is 1. The Morgan fingerprint density at radius 1 is 1.43 bits per heavy atom. The van der Waals surface area contributed by atoms with Crippen LogP contribution >= 0.6 is 0 Å². The third-order valence-electron chi connectivity index (χ3n) is 3.52. The fourth-order valence-electron chi connectivity index (χ4n) is 2.28. The quantitative estimate of drug-likeness (QED) is 0.672. The monoisotopic (exact) mass is 342 g/mol. The first-order valence-corrected chi connectivity index (χ1v) is 9.00. The number of amides is 1. The van der Waals surface area contributed by atoms with E-state index in [1.165, 1.54) is 19.2 Å². The van der Waals surface area contributed by atoms with Crippen molar-refractivity contribution in [3.05, 3.63) is 29.8 Å². The van der Waals surface area contributed by atoms with Gasteiger partial charge < -0.3 is 14.8 Å². The fourth-order valence-corrected chi connectivity index (χ4v) is 3.34. The van der Waals surface area contributed by atoms with Crippen LogP contribution in [0.2, 0.25) is 0 Å². The Bertz CT molecular complexity index is 627. The zero-order valence-corrected chi connectivity index (χ0v) is 13.9. The van der Waals surface area contributed by atoms with E-state index in [1.54, 1.807) is 12.1 Å². The summed E-state index contributed by atoms with van der Waals surface area (Å²) in [5.41, 5.74) is 0.303. The largest absolute Gasteiger partial charge is 0.383 e. The second-order valence-electron chi connectivity index (χ2n) is 5.26. The number of carbonyl (C=O) groups excluding carboxylic acids is 1. The maximum atomic E-state index is 12.1. The second-order valence-corrected chi connectivity index (χ2v) is 7.03. The molecule has 1 saturated heterocycles. The van der Waals surface area contributed by atoms with Crippen molar-refractivity contribution in [2.24, 2.45) is 0 Å². The lowest BCUT2D eigenvalue weighted by Crippen LogP contribution is -2.32. The van der Waals surface area contributed by atoms with Crippen LogP contribution in [0.3, 0.4) is 0 Å². The third kappa shape index (κ3) is 5.28. The van der Waals surface area contributed by atoms with Crippen LogP contribution in [0.5, 0.6) is 0 Å². The van der Waals surface area contributed by atoms with Crippen LogP contribution in [-0.2, 0) is 19.5 Å². The summed E-state index contributed by atoms with van der Waals surface area (Å²) >= 11 is 0. The Hall–Kier alpha value is -1.48. The summed E-state index contributed by atoms with van der Waals surface area (Å²) in [6.45, 7) is 1.61. The van der Waals surface area contributed by atoms with Gasteiger partial charge in [0.05, 0.1) is 17.6 Å². The molecule has 8 heteroatoms. The summed E-state index contributed by atoms with van der Waals surface area (Å²) in [4.78, 5) is 12.2. The van der Waals surface area contributed by atoms with Gasteiger partial charge in [0.2, 0.25) is 10.0 Å². The van der Waals surface area contributed by atoms with E-state index >= 15 is 0 Å². The van der Waals surface area contributed by atoms with Crippen LogP contribution in [0.15, 0.2) is 29.2 Å². The van der Waals surface area contributed by atoms with Crippen molar-refractivity contribution in [3.8, 4) is 0 Å². The standard InChI is InChI=1S/C15H22N2O5S/c1-21-9-7-17-23(19,20)14-6-2-4-12(10-14)15(18)16-11-13-5-3-8-22-13/h2,4,6,10,13,17H,3,5,7-9,11H2,1H3,(H,16,18). The molecule has 1 fully saturated rings. The van der Waals surface area contributed by atoms with Crippen LogP contribution in [-0.4, -0.2) is 53.8 Å². The lowest BCUT2D eigenvalue weighted by Gasteiger charge is -2.11. The molecule has 1 aromatic carbocycles. The van der Waals surface area contributed by atoms with Crippen molar-refractivity contribution in [3.63, 3.8) is 0 Å². The van der Waals surface area contributed by atoms with E-state index in [1.807, 2.05) is 0 Å². The van der Waals surface area contributed by atoms with Crippen LogP contribution in [0.25, 0.3) is 0 Å². The number of hydrogen-bond donors (Lipinski definition) is 2. The smallest absolute Gasteiger partial charge is 0.251 e. The first-order valence-electron chi connectivity index (χ1n) is 7.51. The van der Waals surface area contributed by atoms with E-state index in [2.05, 4.69) is 10.0 Å². The number of rotatable bonds is 8. The van der Waals surface area contributed by atoms with Gasteiger partial charge in [-0.25, -0.2) is 13.1 Å². The average molecular weight is 342 g/mol. The zero-order valence-electron chi connectivity index (χ0n) is 13.1. The number of ether oxygens (including phenoxy) is 2. The average Bonchev–Trinajstić information content (AvgIpc) is 3.06. The number of methoxy groups -OCH3 is 1. The summed E-state index contributed by atoms with van der Waals surface area (Å²) in [5, 5.41) is 2.77. The highest BCUT2D eigenvalue weighted by Crippen LogP contribution is 2.13. The summed E-state index contributed by atoms with van der Waals surface area (Å²) in [6.07, 6.45) is 1.97. The number of benzene rings is 1. The van der Waals surface area contributed by atoms with Gasteiger partial charge >= 0.3 is 0 Å². The van der Waals surface area contributed by atoms with Crippen molar-refractivity contribution in [1.82, 2.24) is 10.0 Å². The maximum Gasteiger partial charge on any atom is 0.251 e. The summed E-state index contributed by atoms with van der Waals surface area (Å²) in [7, 11) is -2.16. The molecule has 1 aromatic rings. The van der Waals surface area contributed by atoms with Gasteiger partial charge in [-0.15, -0.1) is 0 Å². The predicted molar refractivity (Wildman–Crippen MR) is 84.8 cm³/mol. The van der Waals surface area contributed by atoms with Crippen molar-refractivity contribution < 1.29 is 22.7 Å². The minimum Gasteiger partial charge on any atom is -0.383 e. The van der Waals surface area contributed by atoms with Gasteiger partial charge in [-0.3, -0.25) is 4.79 Å². The molecule has 0 aliphatic carbocycles. The molecule has 1 aliphatic rings. The molecule has 1 aliphatic heterocycles. The Labute approximate surface area is 136 Å². The van der Waals surface area contributed by atoms with Gasteiger partial charge in [0, 0.05) is 32.4 Å². The van der Waals surface area contributed by atoms with Gasteiger partial charge in [-0.05, 0) is 31.0 Å². The van der Waals surface area contributed by atoms with E-state index in [-0.39, 0.29) is 30.1 Å². The molecular weight excluding hydrogens is 320 g/mol. The Morgan fingerprint density at radius 2 is 2.26 bits per heavy atom. The Balaban J connectivity index is 1.99. The normalized spacial score (nSPS) is 18.0. The lowest BCUT2D eigenvalue weighted by atomic mass is 10.2. The minimum absolute atomic E-state index is 0.0431. The predicted octanol–water partition coefficient (Wildman–Crippen LogP) is 0.520. The summed E-state index contributed by atoms with van der Waals surface area (Å²) < 4.78 is 36.9. The van der Waals surface area contributed by atoms with Crippen LogP contribution in [0.4, 0.5) is 0 Å². The molecule has 1 amide bonds. The van der Waals surface area contributed by atoms with E-state index < -0.39 is 10.0 Å². The third-order valence-corrected chi connectivity index (χ3v) is 4.98.